The number of fused-ring (bicyclic) bond motifs is 1. The van der Waals surface area contributed by atoms with Crippen LogP contribution in [-0.4, -0.2) is 36.4 Å². The van der Waals surface area contributed by atoms with Crippen molar-refractivity contribution < 1.29 is 14.3 Å². The normalized spacial score (nSPS) is 23.2. The molecule has 5 heteroatoms. The Kier molecular flexibility index (Phi) is 6.59. The zero-order chi connectivity index (χ0) is 21.7. The zero-order valence-electron chi connectivity index (χ0n) is 18.3. The average molecular weight is 421 g/mol. The van der Waals surface area contributed by atoms with Gasteiger partial charge in [0, 0.05) is 25.6 Å². The standard InChI is InChI=1S/C26H32N2O3/c1-31-22-11-7-10-21(18-22)19-27-25(30)26-15-6-5-12-23(26)28(24(29)13-16-26)17-14-20-8-3-2-4-9-20/h2-4,7-11,18,23H,5-6,12-17,19H2,1H3,(H,27,30)/t23-,26-/m1/s1. The number of nitrogens with one attached hydrogen (secondary N) is 1. The highest BCUT2D eigenvalue weighted by Gasteiger charge is 2.52. The van der Waals surface area contributed by atoms with E-state index in [2.05, 4.69) is 17.4 Å². The minimum absolute atomic E-state index is 0.00322. The lowest BCUT2D eigenvalue weighted by Crippen LogP contribution is -2.61. The van der Waals surface area contributed by atoms with E-state index in [1.165, 1.54) is 5.56 Å². The number of amides is 2. The Morgan fingerprint density at radius 2 is 1.90 bits per heavy atom. The molecule has 2 fully saturated rings. The molecule has 1 saturated carbocycles. The van der Waals surface area contributed by atoms with E-state index >= 15 is 0 Å². The van der Waals surface area contributed by atoms with Gasteiger partial charge in [-0.15, -0.1) is 0 Å². The lowest BCUT2D eigenvalue weighted by molar-refractivity contribution is -0.155. The summed E-state index contributed by atoms with van der Waals surface area (Å²) in [5.74, 6) is 1.08. The maximum atomic E-state index is 13.5. The van der Waals surface area contributed by atoms with Gasteiger partial charge in [0.25, 0.3) is 0 Å². The molecule has 1 aliphatic heterocycles. The van der Waals surface area contributed by atoms with Crippen molar-refractivity contribution in [1.29, 1.82) is 0 Å². The summed E-state index contributed by atoms with van der Waals surface area (Å²) in [7, 11) is 1.65. The van der Waals surface area contributed by atoms with Crippen LogP contribution in [0.5, 0.6) is 5.75 Å². The molecule has 31 heavy (non-hydrogen) atoms. The maximum Gasteiger partial charge on any atom is 0.228 e. The molecule has 0 unspecified atom stereocenters. The van der Waals surface area contributed by atoms with E-state index in [9.17, 15) is 9.59 Å². The first kappa shape index (κ1) is 21.4. The van der Waals surface area contributed by atoms with Crippen molar-refractivity contribution in [1.82, 2.24) is 10.2 Å². The van der Waals surface area contributed by atoms with Crippen LogP contribution in [0.2, 0.25) is 0 Å². The predicted octanol–water partition coefficient (Wildman–Crippen LogP) is 4.11. The lowest BCUT2D eigenvalue weighted by Gasteiger charge is -2.51. The molecule has 2 aromatic carbocycles. The number of benzene rings is 2. The van der Waals surface area contributed by atoms with Gasteiger partial charge in [-0.2, -0.15) is 0 Å². The fourth-order valence-corrected chi connectivity index (χ4v) is 5.31. The summed E-state index contributed by atoms with van der Waals surface area (Å²) < 4.78 is 5.29. The van der Waals surface area contributed by atoms with Crippen molar-refractivity contribution in [2.45, 2.75) is 57.5 Å². The van der Waals surface area contributed by atoms with Crippen molar-refractivity contribution >= 4 is 11.8 Å². The van der Waals surface area contributed by atoms with Crippen LogP contribution in [0, 0.1) is 5.41 Å². The van der Waals surface area contributed by atoms with Crippen LogP contribution in [0.15, 0.2) is 54.6 Å². The van der Waals surface area contributed by atoms with Gasteiger partial charge >= 0.3 is 0 Å². The summed E-state index contributed by atoms with van der Waals surface area (Å²) >= 11 is 0. The predicted molar refractivity (Wildman–Crippen MR) is 121 cm³/mol. The van der Waals surface area contributed by atoms with Crippen LogP contribution < -0.4 is 10.1 Å². The Balaban J connectivity index is 1.48. The fourth-order valence-electron chi connectivity index (χ4n) is 5.31. The summed E-state index contributed by atoms with van der Waals surface area (Å²) in [6, 6.07) is 18.1. The maximum absolute atomic E-state index is 13.5. The van der Waals surface area contributed by atoms with E-state index in [4.69, 9.17) is 4.74 Å². The summed E-state index contributed by atoms with van der Waals surface area (Å²) in [6.45, 7) is 1.15. The number of hydrogen-bond acceptors (Lipinski definition) is 3. The molecule has 1 saturated heterocycles. The molecule has 2 amide bonds. The van der Waals surface area contributed by atoms with Crippen molar-refractivity contribution in [3.8, 4) is 5.75 Å². The number of rotatable bonds is 7. The Morgan fingerprint density at radius 3 is 2.71 bits per heavy atom. The van der Waals surface area contributed by atoms with E-state index in [1.54, 1.807) is 7.11 Å². The molecule has 2 atom stereocenters. The number of ether oxygens (including phenoxy) is 1. The Labute approximate surface area is 184 Å². The van der Waals surface area contributed by atoms with Crippen molar-refractivity contribution in [3.63, 3.8) is 0 Å². The second kappa shape index (κ2) is 9.54. The summed E-state index contributed by atoms with van der Waals surface area (Å²) in [4.78, 5) is 28.4. The molecule has 1 heterocycles. The number of nitrogens with zero attached hydrogens (tertiary/aromatic N) is 1. The molecule has 1 aliphatic carbocycles. The van der Waals surface area contributed by atoms with E-state index in [0.29, 0.717) is 25.9 Å². The number of methoxy groups -OCH3 is 1. The average Bonchev–Trinajstić information content (AvgIpc) is 2.82. The molecule has 5 nitrogen and oxygen atoms in total. The van der Waals surface area contributed by atoms with Gasteiger partial charge in [0.05, 0.1) is 12.5 Å². The second-order valence-electron chi connectivity index (χ2n) is 8.77. The third-order valence-corrected chi connectivity index (χ3v) is 6.99. The van der Waals surface area contributed by atoms with Crippen molar-refractivity contribution in [2.75, 3.05) is 13.7 Å². The SMILES string of the molecule is COc1cccc(CNC(=O)[C@@]23CCCC[C@H]2N(CCc2ccccc2)C(=O)CC3)c1. The molecule has 2 aliphatic rings. The van der Waals surface area contributed by atoms with Gasteiger partial charge < -0.3 is 15.0 Å². The highest BCUT2D eigenvalue weighted by molar-refractivity contribution is 5.88. The van der Waals surface area contributed by atoms with Crippen LogP contribution in [-0.2, 0) is 22.6 Å². The summed E-state index contributed by atoms with van der Waals surface area (Å²) in [6.07, 6.45) is 5.82. The zero-order valence-corrected chi connectivity index (χ0v) is 18.3. The van der Waals surface area contributed by atoms with E-state index in [1.807, 2.05) is 47.4 Å². The molecule has 0 aromatic heterocycles. The second-order valence-corrected chi connectivity index (χ2v) is 8.77. The third-order valence-electron chi connectivity index (χ3n) is 6.99. The molecule has 0 spiro atoms. The molecular weight excluding hydrogens is 388 g/mol. The van der Waals surface area contributed by atoms with Gasteiger partial charge in [0.15, 0.2) is 0 Å². The minimum Gasteiger partial charge on any atom is -0.497 e. The van der Waals surface area contributed by atoms with E-state index < -0.39 is 5.41 Å². The lowest BCUT2D eigenvalue weighted by atomic mass is 9.64. The number of hydrogen-bond donors (Lipinski definition) is 1. The van der Waals surface area contributed by atoms with Crippen LogP contribution in [0.4, 0.5) is 0 Å². The minimum atomic E-state index is -0.471. The third kappa shape index (κ3) is 4.60. The van der Waals surface area contributed by atoms with Crippen molar-refractivity contribution in [2.24, 2.45) is 5.41 Å². The summed E-state index contributed by atoms with van der Waals surface area (Å²) in [5.41, 5.74) is 1.77. The monoisotopic (exact) mass is 420 g/mol. The molecule has 164 valence electrons. The van der Waals surface area contributed by atoms with Gasteiger partial charge in [-0.25, -0.2) is 0 Å². The number of carbonyl (C=O) groups is 2. The first-order valence-electron chi connectivity index (χ1n) is 11.4. The van der Waals surface area contributed by atoms with Crippen LogP contribution in [0.25, 0.3) is 0 Å². The van der Waals surface area contributed by atoms with Gasteiger partial charge in [0.1, 0.15) is 5.75 Å². The number of carbonyl (C=O) groups excluding carboxylic acids is 2. The number of likely N-dealkylation sites (tertiary alicyclic amines) is 1. The Bertz CT molecular complexity index is 914. The van der Waals surface area contributed by atoms with Crippen molar-refractivity contribution in [3.05, 3.63) is 65.7 Å². The highest BCUT2D eigenvalue weighted by atomic mass is 16.5. The van der Waals surface area contributed by atoms with Gasteiger partial charge in [0.2, 0.25) is 11.8 Å². The van der Waals surface area contributed by atoms with E-state index in [0.717, 1.165) is 43.4 Å². The van der Waals surface area contributed by atoms with Crippen LogP contribution in [0.3, 0.4) is 0 Å². The largest absolute Gasteiger partial charge is 0.497 e. The van der Waals surface area contributed by atoms with Gasteiger partial charge in [-0.1, -0.05) is 55.3 Å². The molecule has 0 radical (unpaired) electrons. The molecule has 0 bridgehead atoms. The fraction of sp³-hybridized carbons (Fsp3) is 0.462. The molecule has 2 aromatic rings. The molecule has 4 rings (SSSR count). The first-order valence-corrected chi connectivity index (χ1v) is 11.4. The Morgan fingerprint density at radius 1 is 1.10 bits per heavy atom. The van der Waals surface area contributed by atoms with Crippen LogP contribution >= 0.6 is 0 Å². The Hall–Kier alpha value is -2.82. The van der Waals surface area contributed by atoms with Gasteiger partial charge in [-0.05, 0) is 48.9 Å². The summed E-state index contributed by atoms with van der Waals surface area (Å²) in [5, 5.41) is 3.19. The molecule has 1 N–H and O–H groups in total. The topological polar surface area (TPSA) is 58.6 Å². The quantitative estimate of drug-likeness (QED) is 0.734. The number of piperidine rings is 1. The smallest absolute Gasteiger partial charge is 0.228 e. The first-order chi connectivity index (χ1) is 15.1. The molecular formula is C26H32N2O3. The van der Waals surface area contributed by atoms with Crippen LogP contribution in [0.1, 0.15) is 49.7 Å². The highest BCUT2D eigenvalue weighted by Crippen LogP contribution is 2.46. The van der Waals surface area contributed by atoms with E-state index in [-0.39, 0.29) is 17.9 Å². The van der Waals surface area contributed by atoms with Gasteiger partial charge in [-0.3, -0.25) is 9.59 Å².